The normalized spacial score (nSPS) is 26.8. The van der Waals surface area contributed by atoms with E-state index in [1.807, 2.05) is 48.5 Å². The average Bonchev–Trinajstić information content (AvgIpc) is 3.07. The molecule has 6 nitrogen and oxygen atoms in total. The Balaban J connectivity index is 1.61. The molecular weight excluding hydrogens is 440 g/mol. The summed E-state index contributed by atoms with van der Waals surface area (Å²) in [7, 11) is 0. The second-order valence-electron chi connectivity index (χ2n) is 9.06. The zero-order valence-electron chi connectivity index (χ0n) is 17.9. The van der Waals surface area contributed by atoms with Crippen LogP contribution in [0.4, 0.5) is 11.4 Å². The predicted octanol–water partition coefficient (Wildman–Crippen LogP) is 4.96. The summed E-state index contributed by atoms with van der Waals surface area (Å²) in [6.07, 6.45) is 0. The van der Waals surface area contributed by atoms with Gasteiger partial charge in [-0.2, -0.15) is 0 Å². The Morgan fingerprint density at radius 2 is 1.45 bits per heavy atom. The van der Waals surface area contributed by atoms with Crippen molar-refractivity contribution >= 4 is 34.8 Å². The molecule has 164 valence electrons. The molecular formula is C26H19ClN2O4. The first-order chi connectivity index (χ1) is 15.8. The number of nitro benzene ring substituents is 1. The summed E-state index contributed by atoms with van der Waals surface area (Å²) < 4.78 is 0. The molecule has 2 atom stereocenters. The predicted molar refractivity (Wildman–Crippen MR) is 123 cm³/mol. The number of halogens is 1. The molecule has 1 heterocycles. The van der Waals surface area contributed by atoms with Gasteiger partial charge in [0.25, 0.3) is 5.69 Å². The van der Waals surface area contributed by atoms with E-state index in [2.05, 4.69) is 0 Å². The molecule has 0 unspecified atom stereocenters. The van der Waals surface area contributed by atoms with Gasteiger partial charge < -0.3 is 0 Å². The summed E-state index contributed by atoms with van der Waals surface area (Å²) in [6, 6.07) is 18.3. The van der Waals surface area contributed by atoms with E-state index in [1.54, 1.807) is 19.9 Å². The Hall–Kier alpha value is -3.51. The van der Waals surface area contributed by atoms with Crippen LogP contribution in [0.3, 0.4) is 0 Å². The topological polar surface area (TPSA) is 80.5 Å². The van der Waals surface area contributed by atoms with Gasteiger partial charge in [-0.3, -0.25) is 19.7 Å². The van der Waals surface area contributed by atoms with E-state index in [0.717, 1.165) is 38.3 Å². The van der Waals surface area contributed by atoms with Crippen LogP contribution in [0.2, 0.25) is 0 Å². The maximum atomic E-state index is 13.9. The fourth-order valence-corrected chi connectivity index (χ4v) is 6.60. The maximum Gasteiger partial charge on any atom is 0.293 e. The molecule has 2 bridgehead atoms. The molecule has 4 aliphatic rings. The van der Waals surface area contributed by atoms with Crippen molar-refractivity contribution in [2.75, 3.05) is 4.90 Å². The third-order valence-electron chi connectivity index (χ3n) is 7.54. The summed E-state index contributed by atoms with van der Waals surface area (Å²) in [6.45, 7) is 3.57. The van der Waals surface area contributed by atoms with Gasteiger partial charge in [-0.1, -0.05) is 48.5 Å². The zero-order chi connectivity index (χ0) is 23.2. The van der Waals surface area contributed by atoms with Gasteiger partial charge in [0.15, 0.2) is 0 Å². The second-order valence-corrected chi connectivity index (χ2v) is 9.66. The SMILES string of the molecule is Cc1cc(N2C(=O)[C@@H]3[C@@H](C2=O)C2c4ccccc4C3(Cl)c3ccccc32)c([N+](=O)[O-])cc1C. The Morgan fingerprint density at radius 3 is 2.03 bits per heavy atom. The van der Waals surface area contributed by atoms with E-state index < -0.39 is 33.4 Å². The van der Waals surface area contributed by atoms with E-state index in [-0.39, 0.29) is 17.3 Å². The number of nitro groups is 1. The van der Waals surface area contributed by atoms with Crippen LogP contribution in [0.5, 0.6) is 0 Å². The minimum absolute atomic E-state index is 0.0141. The number of benzene rings is 3. The van der Waals surface area contributed by atoms with Crippen LogP contribution < -0.4 is 4.90 Å². The maximum absolute atomic E-state index is 13.9. The van der Waals surface area contributed by atoms with Crippen LogP contribution in [-0.2, 0) is 14.5 Å². The number of rotatable bonds is 2. The Labute approximate surface area is 194 Å². The van der Waals surface area contributed by atoms with E-state index in [0.29, 0.717) is 0 Å². The van der Waals surface area contributed by atoms with Crippen molar-refractivity contribution in [3.63, 3.8) is 0 Å². The molecule has 0 aromatic heterocycles. The number of hydrogen-bond acceptors (Lipinski definition) is 4. The van der Waals surface area contributed by atoms with Crippen LogP contribution in [0, 0.1) is 35.8 Å². The number of nitrogens with zero attached hydrogens (tertiary/aromatic N) is 2. The standard InChI is InChI=1S/C26H19ClN2O4/c1-13-11-19(20(29(32)33)12-14(13)2)28-24(30)22-21-15-7-3-5-9-17(15)26(27,23(22)25(28)31)18-10-6-4-8-16(18)21/h3-12,21-23H,1-2H3/t21?,22-,23-,26?/m0/s1. The summed E-state index contributed by atoms with van der Waals surface area (Å²) in [5.41, 5.74) is 4.76. The number of amides is 2. The molecule has 0 saturated carbocycles. The second kappa shape index (κ2) is 6.51. The number of aryl methyl sites for hydroxylation is 2. The third-order valence-corrected chi connectivity index (χ3v) is 8.19. The van der Waals surface area contributed by atoms with Crippen molar-refractivity contribution in [3.8, 4) is 0 Å². The van der Waals surface area contributed by atoms with Crippen LogP contribution >= 0.6 is 11.6 Å². The van der Waals surface area contributed by atoms with Crippen LogP contribution in [0.1, 0.15) is 39.3 Å². The summed E-state index contributed by atoms with van der Waals surface area (Å²) in [4.78, 5) is 38.9. The lowest BCUT2D eigenvalue weighted by Crippen LogP contribution is -2.50. The van der Waals surface area contributed by atoms with Gasteiger partial charge in [0.05, 0.1) is 16.8 Å². The largest absolute Gasteiger partial charge is 0.293 e. The minimum Gasteiger partial charge on any atom is -0.274 e. The number of imide groups is 1. The number of carbonyl (C=O) groups excluding carboxylic acids is 2. The Kier molecular flexibility index (Phi) is 3.97. The molecule has 33 heavy (non-hydrogen) atoms. The quantitative estimate of drug-likeness (QED) is 0.235. The lowest BCUT2D eigenvalue weighted by atomic mass is 9.54. The molecule has 2 amide bonds. The first-order valence-corrected chi connectivity index (χ1v) is 11.2. The van der Waals surface area contributed by atoms with Crippen molar-refractivity contribution < 1.29 is 14.5 Å². The first-order valence-electron chi connectivity index (χ1n) is 10.8. The van der Waals surface area contributed by atoms with Crippen molar-refractivity contribution in [2.45, 2.75) is 24.6 Å². The lowest BCUT2D eigenvalue weighted by molar-refractivity contribution is -0.384. The molecule has 0 spiro atoms. The van der Waals surface area contributed by atoms with Crippen molar-refractivity contribution in [2.24, 2.45) is 11.8 Å². The fourth-order valence-electron chi connectivity index (χ4n) is 6.03. The minimum atomic E-state index is -1.22. The van der Waals surface area contributed by atoms with Crippen LogP contribution in [-0.4, -0.2) is 16.7 Å². The highest BCUT2D eigenvalue weighted by molar-refractivity contribution is 6.33. The highest BCUT2D eigenvalue weighted by Crippen LogP contribution is 2.66. The van der Waals surface area contributed by atoms with Gasteiger partial charge in [0.2, 0.25) is 11.8 Å². The monoisotopic (exact) mass is 458 g/mol. The summed E-state index contributed by atoms with van der Waals surface area (Å²) in [5, 5.41) is 11.9. The van der Waals surface area contributed by atoms with Crippen LogP contribution in [0.15, 0.2) is 60.7 Å². The Bertz CT molecular complexity index is 1370. The Morgan fingerprint density at radius 1 is 0.909 bits per heavy atom. The highest BCUT2D eigenvalue weighted by Gasteiger charge is 2.68. The lowest BCUT2D eigenvalue weighted by Gasteiger charge is -2.50. The molecule has 1 aliphatic heterocycles. The molecule has 7 heteroatoms. The molecule has 3 aromatic rings. The van der Waals surface area contributed by atoms with E-state index in [4.69, 9.17) is 11.6 Å². The zero-order valence-corrected chi connectivity index (χ0v) is 18.7. The van der Waals surface area contributed by atoms with Gasteiger partial charge in [-0.25, -0.2) is 4.90 Å². The van der Waals surface area contributed by atoms with Crippen molar-refractivity contribution in [1.82, 2.24) is 0 Å². The number of anilines is 1. The molecule has 1 fully saturated rings. The van der Waals surface area contributed by atoms with Crippen molar-refractivity contribution in [1.29, 1.82) is 0 Å². The number of hydrogen-bond donors (Lipinski definition) is 0. The van der Waals surface area contributed by atoms with E-state index in [9.17, 15) is 19.7 Å². The van der Waals surface area contributed by atoms with Gasteiger partial charge in [0.1, 0.15) is 10.6 Å². The highest BCUT2D eigenvalue weighted by atomic mass is 35.5. The average molecular weight is 459 g/mol. The summed E-state index contributed by atoms with van der Waals surface area (Å²) >= 11 is 7.40. The van der Waals surface area contributed by atoms with Crippen molar-refractivity contribution in [3.05, 3.63) is 104 Å². The van der Waals surface area contributed by atoms with Gasteiger partial charge >= 0.3 is 0 Å². The van der Waals surface area contributed by atoms with Gasteiger partial charge in [-0.15, -0.1) is 11.6 Å². The number of carbonyl (C=O) groups is 2. The fraction of sp³-hybridized carbons (Fsp3) is 0.231. The first kappa shape index (κ1) is 20.1. The molecule has 3 aromatic carbocycles. The van der Waals surface area contributed by atoms with Gasteiger partial charge in [-0.05, 0) is 53.3 Å². The van der Waals surface area contributed by atoms with Gasteiger partial charge in [0, 0.05) is 12.0 Å². The molecule has 1 saturated heterocycles. The molecule has 7 rings (SSSR count). The molecule has 0 radical (unpaired) electrons. The molecule has 3 aliphatic carbocycles. The van der Waals surface area contributed by atoms with Crippen LogP contribution in [0.25, 0.3) is 0 Å². The molecule has 0 N–H and O–H groups in total. The smallest absolute Gasteiger partial charge is 0.274 e. The van der Waals surface area contributed by atoms with E-state index in [1.165, 1.54) is 6.07 Å². The summed E-state index contributed by atoms with van der Waals surface area (Å²) in [5.74, 6) is -2.82. The van der Waals surface area contributed by atoms with E-state index >= 15 is 0 Å². The third kappa shape index (κ3) is 2.34. The number of alkyl halides is 1.